The van der Waals surface area contributed by atoms with Crippen LogP contribution >= 0.6 is 0 Å². The number of amides is 1. The lowest BCUT2D eigenvalue weighted by Gasteiger charge is -2.02. The number of nitrogens with zero attached hydrogens (tertiary/aromatic N) is 1. The van der Waals surface area contributed by atoms with Gasteiger partial charge >= 0.3 is 5.69 Å². The van der Waals surface area contributed by atoms with Gasteiger partial charge in [-0.05, 0) is 12.1 Å². The largest absolute Gasteiger partial charge is 0.490 e. The van der Waals surface area contributed by atoms with Crippen LogP contribution in [-0.4, -0.2) is 17.9 Å². The number of halogens is 1. The van der Waals surface area contributed by atoms with Gasteiger partial charge in [-0.1, -0.05) is 4.48 Å². The molecule has 0 aliphatic rings. The molecule has 0 aliphatic carbocycles. The first-order chi connectivity index (χ1) is 7.10. The molecule has 0 atom stereocenters. The normalized spacial score (nSPS) is 9.47. The summed E-state index contributed by atoms with van der Waals surface area (Å²) in [5.74, 6) is -1.03. The first-order valence-corrected chi connectivity index (χ1v) is 3.83. The van der Waals surface area contributed by atoms with Crippen LogP contribution in [0.15, 0.2) is 18.2 Å². The van der Waals surface area contributed by atoms with Gasteiger partial charge in [-0.2, -0.15) is 5.54 Å². The van der Waals surface area contributed by atoms with Gasteiger partial charge in [-0.15, -0.1) is 0 Å². The maximum Gasteiger partial charge on any atom is 0.311 e. The Kier molecular flexibility index (Phi) is 3.17. The minimum Gasteiger partial charge on any atom is -0.490 e. The van der Waals surface area contributed by atoms with Crippen LogP contribution < -0.4 is 10.3 Å². The van der Waals surface area contributed by atoms with Gasteiger partial charge in [0.2, 0.25) is 0 Å². The Morgan fingerprint density at radius 3 is 2.73 bits per heavy atom. The molecule has 1 N–H and O–H groups in total. The van der Waals surface area contributed by atoms with Gasteiger partial charge in [0.25, 0.3) is 5.91 Å². The van der Waals surface area contributed by atoms with Gasteiger partial charge in [0.05, 0.1) is 12.0 Å². The molecule has 15 heavy (non-hydrogen) atoms. The number of ether oxygens (including phenoxy) is 1. The molecule has 0 aliphatic heterocycles. The predicted molar refractivity (Wildman–Crippen MR) is 48.2 cm³/mol. The van der Waals surface area contributed by atoms with Gasteiger partial charge in [0.1, 0.15) is 0 Å². The van der Waals surface area contributed by atoms with Crippen LogP contribution in [0, 0.1) is 10.1 Å². The first-order valence-electron chi connectivity index (χ1n) is 3.83. The molecule has 0 fully saturated rings. The standard InChI is InChI=1S/C8H7FN2O4/c1-15-7-3-2-5(8(12)10-9)4-6(7)11(13)14/h2-4H,1H3,(H,10,12). The highest BCUT2D eigenvalue weighted by Crippen LogP contribution is 2.27. The number of methoxy groups -OCH3 is 1. The van der Waals surface area contributed by atoms with Crippen molar-refractivity contribution in [2.24, 2.45) is 0 Å². The van der Waals surface area contributed by atoms with Gasteiger partial charge < -0.3 is 4.74 Å². The van der Waals surface area contributed by atoms with E-state index in [0.29, 0.717) is 0 Å². The summed E-state index contributed by atoms with van der Waals surface area (Å²) in [6, 6.07) is 3.39. The second-order valence-electron chi connectivity index (χ2n) is 2.57. The SMILES string of the molecule is COc1ccc(C(=O)NF)cc1[N+](=O)[O-]. The molecular weight excluding hydrogens is 207 g/mol. The molecule has 80 valence electrons. The highest BCUT2D eigenvalue weighted by Gasteiger charge is 2.17. The molecule has 1 rings (SSSR count). The molecule has 1 aromatic carbocycles. The van der Waals surface area contributed by atoms with Crippen LogP contribution in [0.1, 0.15) is 10.4 Å². The summed E-state index contributed by atoms with van der Waals surface area (Å²) in [7, 11) is 1.26. The molecule has 7 heteroatoms. The minimum absolute atomic E-state index is 0.00964. The maximum atomic E-state index is 11.8. The van der Waals surface area contributed by atoms with Crippen molar-refractivity contribution in [2.75, 3.05) is 7.11 Å². The molecule has 0 bridgehead atoms. The van der Waals surface area contributed by atoms with Crippen molar-refractivity contribution in [1.82, 2.24) is 5.54 Å². The average Bonchev–Trinajstić information content (AvgIpc) is 2.27. The first kappa shape index (κ1) is 10.9. The number of carbonyl (C=O) groups is 1. The van der Waals surface area contributed by atoms with Crippen LogP contribution in [0.25, 0.3) is 0 Å². The van der Waals surface area contributed by atoms with Crippen molar-refractivity contribution in [3.63, 3.8) is 0 Å². The quantitative estimate of drug-likeness (QED) is 0.466. The third-order valence-corrected chi connectivity index (χ3v) is 1.72. The predicted octanol–water partition coefficient (Wildman–Crippen LogP) is 1.22. The number of nitro benzene ring substituents is 1. The van der Waals surface area contributed by atoms with E-state index < -0.39 is 16.5 Å². The molecule has 1 amide bonds. The number of nitro groups is 1. The van der Waals surface area contributed by atoms with Crippen molar-refractivity contribution in [2.45, 2.75) is 0 Å². The summed E-state index contributed by atoms with van der Waals surface area (Å²) in [4.78, 5) is 20.7. The molecule has 0 spiro atoms. The zero-order valence-corrected chi connectivity index (χ0v) is 7.69. The van der Waals surface area contributed by atoms with Crippen molar-refractivity contribution >= 4 is 11.6 Å². The molecule has 0 saturated carbocycles. The Bertz CT molecular complexity index is 408. The third-order valence-electron chi connectivity index (χ3n) is 1.72. The average molecular weight is 214 g/mol. The number of benzene rings is 1. The van der Waals surface area contributed by atoms with E-state index in [-0.39, 0.29) is 11.3 Å². The van der Waals surface area contributed by atoms with E-state index in [1.165, 1.54) is 19.2 Å². The summed E-state index contributed by atoms with van der Waals surface area (Å²) in [5.41, 5.74) is 0.344. The van der Waals surface area contributed by atoms with E-state index in [2.05, 4.69) is 0 Å². The zero-order valence-electron chi connectivity index (χ0n) is 7.69. The highest BCUT2D eigenvalue weighted by molar-refractivity contribution is 5.94. The number of hydrogen-bond donors (Lipinski definition) is 1. The minimum atomic E-state index is -1.04. The Hall–Kier alpha value is -2.18. The summed E-state index contributed by atoms with van der Waals surface area (Å²) in [5, 5.41) is 10.5. The fourth-order valence-electron chi connectivity index (χ4n) is 1.03. The molecule has 0 heterocycles. The Balaban J connectivity index is 3.22. The Labute approximate surface area is 83.7 Å². The Morgan fingerprint density at radius 2 is 2.27 bits per heavy atom. The van der Waals surface area contributed by atoms with Gasteiger partial charge in [-0.3, -0.25) is 14.9 Å². The number of rotatable bonds is 3. The van der Waals surface area contributed by atoms with Crippen molar-refractivity contribution in [3.8, 4) is 5.75 Å². The molecule has 0 radical (unpaired) electrons. The van der Waals surface area contributed by atoms with E-state index in [1.54, 1.807) is 0 Å². The lowest BCUT2D eigenvalue weighted by Crippen LogP contribution is -2.13. The number of carbonyl (C=O) groups excluding carboxylic acids is 1. The van der Waals surface area contributed by atoms with Gasteiger partial charge in [0.15, 0.2) is 5.75 Å². The summed E-state index contributed by atoms with van der Waals surface area (Å²) in [6.07, 6.45) is 0. The highest BCUT2D eigenvalue weighted by atomic mass is 19.2. The summed E-state index contributed by atoms with van der Waals surface area (Å²) in [6.45, 7) is 0. The molecular formula is C8H7FN2O4. The van der Waals surface area contributed by atoms with E-state index in [1.807, 2.05) is 0 Å². The lowest BCUT2D eigenvalue weighted by atomic mass is 10.2. The third kappa shape index (κ3) is 2.19. The number of hydrogen-bond acceptors (Lipinski definition) is 4. The molecule has 0 saturated heterocycles. The van der Waals surface area contributed by atoms with E-state index in [9.17, 15) is 19.4 Å². The maximum absolute atomic E-state index is 11.8. The monoisotopic (exact) mass is 214 g/mol. The topological polar surface area (TPSA) is 81.5 Å². The van der Waals surface area contributed by atoms with Gasteiger partial charge in [0, 0.05) is 11.6 Å². The molecule has 1 aromatic rings. The zero-order chi connectivity index (χ0) is 11.4. The smallest absolute Gasteiger partial charge is 0.311 e. The van der Waals surface area contributed by atoms with E-state index >= 15 is 0 Å². The second kappa shape index (κ2) is 4.36. The van der Waals surface area contributed by atoms with Crippen LogP contribution in [0.3, 0.4) is 0 Å². The van der Waals surface area contributed by atoms with Crippen molar-refractivity contribution < 1.29 is 18.9 Å². The van der Waals surface area contributed by atoms with E-state index in [0.717, 1.165) is 11.6 Å². The van der Waals surface area contributed by atoms with Crippen molar-refractivity contribution in [3.05, 3.63) is 33.9 Å². The Morgan fingerprint density at radius 1 is 1.60 bits per heavy atom. The van der Waals surface area contributed by atoms with Gasteiger partial charge in [-0.25, -0.2) is 0 Å². The lowest BCUT2D eigenvalue weighted by molar-refractivity contribution is -0.385. The van der Waals surface area contributed by atoms with E-state index in [4.69, 9.17) is 4.74 Å². The fourth-order valence-corrected chi connectivity index (χ4v) is 1.03. The molecule has 6 nitrogen and oxygen atoms in total. The number of nitrogens with one attached hydrogen (secondary N) is 1. The van der Waals surface area contributed by atoms with Crippen LogP contribution in [-0.2, 0) is 0 Å². The van der Waals surface area contributed by atoms with Crippen molar-refractivity contribution in [1.29, 1.82) is 0 Å². The fraction of sp³-hybridized carbons (Fsp3) is 0.125. The summed E-state index contributed by atoms with van der Waals surface area (Å²) < 4.78 is 16.5. The second-order valence-corrected chi connectivity index (χ2v) is 2.57. The van der Waals surface area contributed by atoms with Crippen LogP contribution in [0.2, 0.25) is 0 Å². The molecule has 0 aromatic heterocycles. The molecule has 0 unspecified atom stereocenters. The van der Waals surface area contributed by atoms with Crippen LogP contribution in [0.5, 0.6) is 5.75 Å². The summed E-state index contributed by atoms with van der Waals surface area (Å²) >= 11 is 0. The van der Waals surface area contributed by atoms with Crippen LogP contribution in [0.4, 0.5) is 10.2 Å².